The lowest BCUT2D eigenvalue weighted by Gasteiger charge is -2.35. The zero-order valence-electron chi connectivity index (χ0n) is 18.8. The predicted octanol–water partition coefficient (Wildman–Crippen LogP) is 4.44. The van der Waals surface area contributed by atoms with Crippen molar-refractivity contribution in [1.29, 1.82) is 0 Å². The third kappa shape index (κ3) is 5.60. The molecule has 172 valence electrons. The molecule has 33 heavy (non-hydrogen) atoms. The van der Waals surface area contributed by atoms with Gasteiger partial charge in [-0.05, 0) is 66.6 Å². The maximum absolute atomic E-state index is 13.3. The van der Waals surface area contributed by atoms with E-state index in [1.165, 1.54) is 17.1 Å². The summed E-state index contributed by atoms with van der Waals surface area (Å²) in [5.41, 5.74) is 3.66. The van der Waals surface area contributed by atoms with Gasteiger partial charge in [0.2, 0.25) is 11.6 Å². The van der Waals surface area contributed by atoms with Gasteiger partial charge in [0.15, 0.2) is 0 Å². The van der Waals surface area contributed by atoms with E-state index in [9.17, 15) is 9.59 Å². The summed E-state index contributed by atoms with van der Waals surface area (Å²) < 4.78 is 3.99. The number of aromatic nitrogens is 2. The summed E-state index contributed by atoms with van der Waals surface area (Å²) in [4.78, 5) is 28.1. The summed E-state index contributed by atoms with van der Waals surface area (Å²) in [6.07, 6.45) is 1.81. The lowest BCUT2D eigenvalue weighted by atomic mass is 9.89. The van der Waals surface area contributed by atoms with Crippen molar-refractivity contribution >= 4 is 34.9 Å². The van der Waals surface area contributed by atoms with E-state index in [-0.39, 0.29) is 17.7 Å². The van der Waals surface area contributed by atoms with Gasteiger partial charge >= 0.3 is 0 Å². The molecule has 8 heteroatoms. The normalized spacial score (nSPS) is 15.5. The van der Waals surface area contributed by atoms with Crippen LogP contribution in [0.25, 0.3) is 11.3 Å². The molecular weight excluding hydrogens is 456 g/mol. The topological polar surface area (TPSA) is 76.4 Å². The van der Waals surface area contributed by atoms with Crippen molar-refractivity contribution in [3.8, 4) is 11.3 Å². The minimum Gasteiger partial charge on any atom is -0.341 e. The largest absolute Gasteiger partial charge is 0.341 e. The first-order valence-electron chi connectivity index (χ1n) is 11.2. The van der Waals surface area contributed by atoms with E-state index in [0.717, 1.165) is 29.1 Å². The molecule has 2 aromatic carbocycles. The molecule has 2 heterocycles. The minimum absolute atomic E-state index is 0.0107. The Labute approximate surface area is 203 Å². The summed E-state index contributed by atoms with van der Waals surface area (Å²) >= 11 is 7.35. The number of hydrogen-bond acceptors (Lipinski definition) is 4. The van der Waals surface area contributed by atoms with Gasteiger partial charge < -0.3 is 10.2 Å². The number of amides is 2. The second kappa shape index (κ2) is 10.4. The van der Waals surface area contributed by atoms with Gasteiger partial charge in [-0.25, -0.2) is 0 Å². The Hall–Kier alpha value is -2.77. The van der Waals surface area contributed by atoms with E-state index in [1.807, 2.05) is 48.4 Å². The van der Waals surface area contributed by atoms with Crippen molar-refractivity contribution in [1.82, 2.24) is 14.7 Å². The van der Waals surface area contributed by atoms with Gasteiger partial charge in [0.05, 0.1) is 9.87 Å². The molecule has 4 rings (SSSR count). The number of aromatic amines is 1. The maximum atomic E-state index is 13.3. The third-order valence-corrected chi connectivity index (χ3v) is 7.00. The van der Waals surface area contributed by atoms with Crippen molar-refractivity contribution in [2.75, 3.05) is 13.1 Å². The van der Waals surface area contributed by atoms with E-state index in [2.05, 4.69) is 27.0 Å². The number of carbonyl (C=O) groups is 2. The molecule has 1 aromatic heterocycles. The molecule has 0 unspecified atom stereocenters. The van der Waals surface area contributed by atoms with Crippen LogP contribution in [-0.4, -0.2) is 40.3 Å². The first kappa shape index (κ1) is 23.4. The van der Waals surface area contributed by atoms with Crippen molar-refractivity contribution in [2.24, 2.45) is 5.92 Å². The van der Waals surface area contributed by atoms with Crippen LogP contribution in [0.1, 0.15) is 48.5 Å². The van der Waals surface area contributed by atoms with Gasteiger partial charge in [0.25, 0.3) is 5.91 Å². The fourth-order valence-electron chi connectivity index (χ4n) is 4.22. The SMILES string of the molecule is CC(C)[C@@H](NC(=O)c1ccc(-c2csn[nH+]2)cc1)C(=O)N1CCC(c2ccc(Cl)cc2)CC1. The van der Waals surface area contributed by atoms with Crippen molar-refractivity contribution in [3.63, 3.8) is 0 Å². The highest BCUT2D eigenvalue weighted by atomic mass is 35.5. The number of rotatable bonds is 6. The number of H-pyrrole nitrogens is 1. The maximum Gasteiger partial charge on any atom is 0.251 e. The molecule has 0 spiro atoms. The Morgan fingerprint density at radius 3 is 2.33 bits per heavy atom. The van der Waals surface area contributed by atoms with Crippen LogP contribution >= 0.6 is 23.1 Å². The number of piperidine rings is 1. The number of likely N-dealkylation sites (tertiary alicyclic amines) is 1. The molecule has 2 N–H and O–H groups in total. The average Bonchev–Trinajstić information content (AvgIpc) is 3.38. The first-order valence-corrected chi connectivity index (χ1v) is 12.4. The highest BCUT2D eigenvalue weighted by Gasteiger charge is 2.31. The molecule has 0 bridgehead atoms. The Kier molecular flexibility index (Phi) is 7.40. The summed E-state index contributed by atoms with van der Waals surface area (Å²) in [5, 5.41) is 8.55. The monoisotopic (exact) mass is 483 g/mol. The lowest BCUT2D eigenvalue weighted by Crippen LogP contribution is -2.52. The van der Waals surface area contributed by atoms with Gasteiger partial charge in [-0.1, -0.05) is 42.7 Å². The molecule has 1 atom stereocenters. The molecule has 0 saturated carbocycles. The number of benzene rings is 2. The van der Waals surface area contributed by atoms with Crippen LogP contribution in [0, 0.1) is 5.92 Å². The molecule has 3 aromatic rings. The Balaban J connectivity index is 1.37. The molecule has 1 aliphatic rings. The highest BCUT2D eigenvalue weighted by Crippen LogP contribution is 2.29. The summed E-state index contributed by atoms with van der Waals surface area (Å²) in [6.45, 7) is 5.30. The van der Waals surface area contributed by atoms with Crippen LogP contribution in [0.5, 0.6) is 0 Å². The van der Waals surface area contributed by atoms with E-state index >= 15 is 0 Å². The van der Waals surface area contributed by atoms with Crippen molar-refractivity contribution in [3.05, 3.63) is 70.1 Å². The molecule has 1 fully saturated rings. The van der Waals surface area contributed by atoms with Crippen molar-refractivity contribution < 1.29 is 14.7 Å². The smallest absolute Gasteiger partial charge is 0.251 e. The van der Waals surface area contributed by atoms with E-state index < -0.39 is 6.04 Å². The van der Waals surface area contributed by atoms with Crippen LogP contribution < -0.4 is 10.4 Å². The fraction of sp³-hybridized carbons (Fsp3) is 0.360. The fourth-order valence-corrected chi connectivity index (χ4v) is 4.84. The highest BCUT2D eigenvalue weighted by molar-refractivity contribution is 7.03. The van der Waals surface area contributed by atoms with Crippen LogP contribution in [0.3, 0.4) is 0 Å². The van der Waals surface area contributed by atoms with Gasteiger partial charge in [-0.15, -0.1) is 0 Å². The van der Waals surface area contributed by atoms with Gasteiger partial charge in [-0.2, -0.15) is 0 Å². The Morgan fingerprint density at radius 1 is 1.09 bits per heavy atom. The number of carbonyl (C=O) groups excluding carboxylic acids is 2. The summed E-state index contributed by atoms with van der Waals surface area (Å²) in [5.74, 6) is 0.161. The standard InChI is InChI=1S/C25H27ClN4O2S/c1-16(2)23(27-24(31)20-5-3-19(4-6-20)22-15-33-29-28-22)25(32)30-13-11-18(12-14-30)17-7-9-21(26)10-8-17/h3-10,15-16,18,23H,11-14H2,1-2H3,(H,27,31)/p+1/t23-/m1/s1. The van der Waals surface area contributed by atoms with Crippen molar-refractivity contribution in [2.45, 2.75) is 38.6 Å². The van der Waals surface area contributed by atoms with Gasteiger partial charge in [-0.3, -0.25) is 9.59 Å². The van der Waals surface area contributed by atoms with Crippen LogP contribution in [-0.2, 0) is 4.79 Å². The van der Waals surface area contributed by atoms with E-state index in [4.69, 9.17) is 11.6 Å². The zero-order chi connectivity index (χ0) is 23.4. The molecular formula is C25H28ClN4O2S+. The number of hydrogen-bond donors (Lipinski definition) is 1. The van der Waals surface area contributed by atoms with Crippen LogP contribution in [0.15, 0.2) is 53.9 Å². The Morgan fingerprint density at radius 2 is 1.76 bits per heavy atom. The molecule has 6 nitrogen and oxygen atoms in total. The van der Waals surface area contributed by atoms with Gasteiger partial charge in [0, 0.05) is 40.8 Å². The molecule has 1 saturated heterocycles. The van der Waals surface area contributed by atoms with Crippen LogP contribution in [0.4, 0.5) is 0 Å². The first-order chi connectivity index (χ1) is 15.9. The number of halogens is 1. The molecule has 2 amide bonds. The van der Waals surface area contributed by atoms with E-state index in [0.29, 0.717) is 24.6 Å². The quantitative estimate of drug-likeness (QED) is 0.563. The number of nitrogens with one attached hydrogen (secondary N) is 2. The molecule has 0 aliphatic carbocycles. The predicted molar refractivity (Wildman–Crippen MR) is 130 cm³/mol. The summed E-state index contributed by atoms with van der Waals surface area (Å²) in [6, 6.07) is 14.7. The van der Waals surface area contributed by atoms with Crippen LogP contribution in [0.2, 0.25) is 5.02 Å². The summed E-state index contributed by atoms with van der Waals surface area (Å²) in [7, 11) is 0. The minimum atomic E-state index is -0.557. The third-order valence-electron chi connectivity index (χ3n) is 6.21. The van der Waals surface area contributed by atoms with E-state index in [1.54, 1.807) is 12.1 Å². The lowest BCUT2D eigenvalue weighted by molar-refractivity contribution is -0.431. The average molecular weight is 484 g/mol. The molecule has 0 radical (unpaired) electrons. The second-order valence-electron chi connectivity index (χ2n) is 8.76. The Bertz CT molecular complexity index is 1080. The molecule has 1 aliphatic heterocycles. The zero-order valence-corrected chi connectivity index (χ0v) is 20.3. The van der Waals surface area contributed by atoms with Gasteiger partial charge in [0.1, 0.15) is 6.04 Å². The number of nitrogens with zero attached hydrogens (tertiary/aromatic N) is 2. The second-order valence-corrected chi connectivity index (χ2v) is 9.83.